The molecule has 0 spiro atoms. The molecule has 3 N–H and O–H groups in total. The van der Waals surface area contributed by atoms with Crippen molar-refractivity contribution in [1.82, 2.24) is 25.2 Å². The Hall–Kier alpha value is -3.52. The monoisotopic (exact) mass is 576 g/mol. The van der Waals surface area contributed by atoms with Gasteiger partial charge in [-0.2, -0.15) is 18.2 Å². The maximum atomic E-state index is 16.5. The molecule has 0 amide bonds. The Balaban J connectivity index is 1.46. The van der Waals surface area contributed by atoms with E-state index in [0.717, 1.165) is 32.5 Å². The number of nitrogen functional groups attached to an aromatic ring is 1. The Morgan fingerprint density at radius 2 is 1.83 bits per heavy atom. The van der Waals surface area contributed by atoms with Crippen LogP contribution in [-0.2, 0) is 6.18 Å². The van der Waals surface area contributed by atoms with Gasteiger partial charge >= 0.3 is 6.18 Å². The molecule has 218 valence electrons. The van der Waals surface area contributed by atoms with Crippen molar-refractivity contribution in [3.05, 3.63) is 28.8 Å². The average Bonchev–Trinajstić information content (AvgIpc) is 2.99. The van der Waals surface area contributed by atoms with Gasteiger partial charge in [0.2, 0.25) is 11.8 Å². The number of likely N-dealkylation sites (tertiary alicyclic amines) is 1. The lowest BCUT2D eigenvalue weighted by Gasteiger charge is -2.49. The summed E-state index contributed by atoms with van der Waals surface area (Å²) in [6.07, 6.45) is -4.31. The summed E-state index contributed by atoms with van der Waals surface area (Å²) in [5.74, 6) is -1.63. The predicted molar refractivity (Wildman–Crippen MR) is 143 cm³/mol. The van der Waals surface area contributed by atoms with Gasteiger partial charge in [0.1, 0.15) is 34.3 Å². The minimum atomic E-state index is -5.00. The largest absolute Gasteiger partial charge is 0.472 e. The number of hydrogen-bond acceptors (Lipinski definition) is 9. The summed E-state index contributed by atoms with van der Waals surface area (Å²) in [6, 6.07) is 0.943. The van der Waals surface area contributed by atoms with Crippen LogP contribution < -0.4 is 25.6 Å². The number of nitrogens with zero attached hydrogens (tertiary/aromatic N) is 6. The highest BCUT2D eigenvalue weighted by Gasteiger charge is 2.42. The summed E-state index contributed by atoms with van der Waals surface area (Å²) in [7, 11) is 0. The molecule has 0 bridgehead atoms. The molecule has 2 atom stereocenters. The van der Waals surface area contributed by atoms with Crippen LogP contribution in [0.25, 0.3) is 22.2 Å². The van der Waals surface area contributed by atoms with Crippen LogP contribution >= 0.6 is 0 Å². The first-order valence-electron chi connectivity index (χ1n) is 13.7. The Morgan fingerprint density at radius 1 is 1.07 bits per heavy atom. The third-order valence-electron chi connectivity index (χ3n) is 8.73. The molecule has 0 radical (unpaired) electrons. The zero-order valence-corrected chi connectivity index (χ0v) is 22.5. The van der Waals surface area contributed by atoms with Gasteiger partial charge in [0, 0.05) is 44.3 Å². The number of ether oxygens (including phenoxy) is 1. The zero-order valence-electron chi connectivity index (χ0n) is 22.5. The summed E-state index contributed by atoms with van der Waals surface area (Å²) in [5, 5.41) is 3.53. The van der Waals surface area contributed by atoms with E-state index in [2.05, 4.69) is 20.2 Å². The molecule has 3 saturated heterocycles. The highest BCUT2D eigenvalue weighted by atomic mass is 19.4. The highest BCUT2D eigenvalue weighted by Crippen LogP contribution is 2.46. The molecule has 1 aromatic carbocycles. The maximum absolute atomic E-state index is 16.5. The molecule has 2 aromatic heterocycles. The van der Waals surface area contributed by atoms with Crippen molar-refractivity contribution in [3.63, 3.8) is 0 Å². The van der Waals surface area contributed by atoms with Gasteiger partial charge in [-0.25, -0.2) is 18.7 Å². The second-order valence-corrected chi connectivity index (χ2v) is 11.2. The topological polar surface area (TPSA) is 95.7 Å². The van der Waals surface area contributed by atoms with E-state index < -0.39 is 52.0 Å². The normalized spacial score (nSPS) is 23.1. The van der Waals surface area contributed by atoms with E-state index in [-0.39, 0.29) is 22.8 Å². The van der Waals surface area contributed by atoms with Crippen molar-refractivity contribution in [2.24, 2.45) is 0 Å². The van der Waals surface area contributed by atoms with Crippen molar-refractivity contribution in [3.8, 4) is 17.1 Å². The molecule has 0 unspecified atom stereocenters. The second kappa shape index (κ2) is 9.24. The summed E-state index contributed by atoms with van der Waals surface area (Å²) >= 11 is 0. The summed E-state index contributed by atoms with van der Waals surface area (Å²) < 4.78 is 80.0. The highest BCUT2D eigenvalue weighted by molar-refractivity contribution is 5.98. The minimum Gasteiger partial charge on any atom is -0.472 e. The van der Waals surface area contributed by atoms with E-state index in [4.69, 9.17) is 15.5 Å². The first-order chi connectivity index (χ1) is 19.5. The summed E-state index contributed by atoms with van der Waals surface area (Å²) in [4.78, 5) is 20.1. The lowest BCUT2D eigenvalue weighted by molar-refractivity contribution is -0.137. The van der Waals surface area contributed by atoms with Crippen LogP contribution in [0.2, 0.25) is 0 Å². The van der Waals surface area contributed by atoms with Gasteiger partial charge in [-0.1, -0.05) is 0 Å². The molecule has 0 aliphatic carbocycles. The van der Waals surface area contributed by atoms with Crippen molar-refractivity contribution in [1.29, 1.82) is 0 Å². The predicted octanol–water partition coefficient (Wildman–Crippen LogP) is 3.33. The second-order valence-electron chi connectivity index (χ2n) is 11.2. The first-order valence-corrected chi connectivity index (χ1v) is 13.7. The van der Waals surface area contributed by atoms with Gasteiger partial charge in [-0.15, -0.1) is 0 Å². The number of halogens is 5. The fourth-order valence-electron chi connectivity index (χ4n) is 6.31. The van der Waals surface area contributed by atoms with Crippen LogP contribution in [0, 0.1) is 18.6 Å². The van der Waals surface area contributed by atoms with Gasteiger partial charge in [-0.05, 0) is 45.0 Å². The standard InChI is InChI=1S/C27H29F5N8O/c1-12-19(27(30,31)32)15(8-16(33)20(12)28)22-21(29)23-18-24(37-26(36-23)39-10-14(11-39)38-5-3-6-38)40-7-4-34-9-17(40)13(2)41-25(18)35-22/h8,13-14,17,34H,3-7,9-11,33H2,1-2H3/t13-,17-/m0/s1. The molecule has 41 heavy (non-hydrogen) atoms. The van der Waals surface area contributed by atoms with Crippen LogP contribution in [0.5, 0.6) is 5.88 Å². The molecule has 4 aliphatic heterocycles. The fourth-order valence-corrected chi connectivity index (χ4v) is 6.31. The molecular formula is C27H29F5N8O. The van der Waals surface area contributed by atoms with E-state index in [9.17, 15) is 17.6 Å². The fraction of sp³-hybridized carbons (Fsp3) is 0.519. The summed E-state index contributed by atoms with van der Waals surface area (Å²) in [6.45, 7) is 8.00. The quantitative estimate of drug-likeness (QED) is 0.360. The van der Waals surface area contributed by atoms with Crippen LogP contribution in [0.4, 0.5) is 39.4 Å². The molecule has 6 heterocycles. The third-order valence-corrected chi connectivity index (χ3v) is 8.73. The maximum Gasteiger partial charge on any atom is 0.417 e. The lowest BCUT2D eigenvalue weighted by atomic mass is 9.96. The van der Waals surface area contributed by atoms with Crippen molar-refractivity contribution < 1.29 is 26.7 Å². The number of rotatable bonds is 3. The van der Waals surface area contributed by atoms with Gasteiger partial charge in [0.05, 0.1) is 17.3 Å². The first kappa shape index (κ1) is 26.4. The molecule has 3 fully saturated rings. The van der Waals surface area contributed by atoms with E-state index >= 15 is 4.39 Å². The number of piperazine rings is 1. The van der Waals surface area contributed by atoms with Gasteiger partial charge < -0.3 is 25.6 Å². The Bertz CT molecular complexity index is 1560. The van der Waals surface area contributed by atoms with Crippen LogP contribution in [0.15, 0.2) is 6.07 Å². The number of anilines is 3. The van der Waals surface area contributed by atoms with E-state index in [1.807, 2.05) is 16.7 Å². The Morgan fingerprint density at radius 3 is 2.51 bits per heavy atom. The van der Waals surface area contributed by atoms with Gasteiger partial charge in [0.25, 0.3) is 0 Å². The summed E-state index contributed by atoms with van der Waals surface area (Å²) in [5.41, 5.74) is 1.58. The molecule has 14 heteroatoms. The minimum absolute atomic E-state index is 0.0735. The number of benzene rings is 1. The van der Waals surface area contributed by atoms with E-state index in [1.165, 1.54) is 0 Å². The molecule has 7 rings (SSSR count). The molecule has 3 aromatic rings. The van der Waals surface area contributed by atoms with Crippen molar-refractivity contribution in [2.75, 3.05) is 61.3 Å². The number of nitrogens with one attached hydrogen (secondary N) is 1. The number of aromatic nitrogens is 3. The van der Waals surface area contributed by atoms with Gasteiger partial charge in [0.15, 0.2) is 5.82 Å². The van der Waals surface area contributed by atoms with Gasteiger partial charge in [-0.3, -0.25) is 4.90 Å². The molecule has 0 saturated carbocycles. The molecule has 9 nitrogen and oxygen atoms in total. The van der Waals surface area contributed by atoms with Crippen molar-refractivity contribution >= 4 is 28.4 Å². The number of hydrogen-bond donors (Lipinski definition) is 2. The van der Waals surface area contributed by atoms with Crippen molar-refractivity contribution in [2.45, 2.75) is 44.6 Å². The van der Waals surface area contributed by atoms with Crippen LogP contribution in [0.1, 0.15) is 24.5 Å². The SMILES string of the molecule is Cc1c(F)c(N)cc(-c2nc3c4c(nc(N5CC(N6CCC6)C5)nc4c2F)N2CCNC[C@H]2[C@H](C)O3)c1C(F)(F)F. The third kappa shape index (κ3) is 4.05. The van der Waals surface area contributed by atoms with Crippen LogP contribution in [-0.4, -0.2) is 83.9 Å². The molecule has 4 aliphatic rings. The smallest absolute Gasteiger partial charge is 0.417 e. The number of nitrogens with two attached hydrogens (primary N) is 1. The zero-order chi connectivity index (χ0) is 28.8. The number of fused-ring (bicyclic) bond motifs is 2. The van der Waals surface area contributed by atoms with E-state index in [1.54, 1.807) is 0 Å². The Labute approximate surface area is 232 Å². The number of alkyl halides is 3. The average molecular weight is 577 g/mol. The van der Waals surface area contributed by atoms with E-state index in [0.29, 0.717) is 50.5 Å². The number of pyridine rings is 1. The Kier molecular flexibility index (Phi) is 5.95. The lowest BCUT2D eigenvalue weighted by Crippen LogP contribution is -2.63. The molecular weight excluding hydrogens is 547 g/mol. The van der Waals surface area contributed by atoms with Crippen LogP contribution in [0.3, 0.4) is 0 Å².